The number of hydrogen-bond acceptors (Lipinski definition) is 5. The number of nitrogens with one attached hydrogen (secondary N) is 1. The molecular weight excluding hydrogens is 328 g/mol. The molecule has 126 valence electrons. The standard InChI is InChI=1S/C17H18N2O4S/c20-24(21,22)23-14-5-6-16-13(10-14)9-12-3-1-2-4-15(12)17-11-18-7-8-19(16)17/h1-6,10,17-18H,7-9,11H2,(H,20,21,22)/t17-/m1/s1. The first kappa shape index (κ1) is 15.4. The van der Waals surface area contributed by atoms with Crippen molar-refractivity contribution in [1.82, 2.24) is 5.32 Å². The summed E-state index contributed by atoms with van der Waals surface area (Å²) in [5.41, 5.74) is 4.59. The van der Waals surface area contributed by atoms with Gasteiger partial charge in [-0.05, 0) is 41.3 Å². The molecule has 0 bridgehead atoms. The van der Waals surface area contributed by atoms with Crippen molar-refractivity contribution >= 4 is 16.1 Å². The lowest BCUT2D eigenvalue weighted by atomic mass is 9.96. The van der Waals surface area contributed by atoms with Gasteiger partial charge in [-0.1, -0.05) is 24.3 Å². The molecular formula is C17H18N2O4S. The van der Waals surface area contributed by atoms with Crippen molar-refractivity contribution in [2.45, 2.75) is 12.5 Å². The minimum atomic E-state index is -4.52. The van der Waals surface area contributed by atoms with E-state index >= 15 is 0 Å². The number of hydrogen-bond donors (Lipinski definition) is 2. The lowest BCUT2D eigenvalue weighted by molar-refractivity contribution is 0.386. The predicted molar refractivity (Wildman–Crippen MR) is 90.8 cm³/mol. The first-order valence-electron chi connectivity index (χ1n) is 7.86. The highest BCUT2D eigenvalue weighted by Crippen LogP contribution is 2.39. The number of benzene rings is 2. The van der Waals surface area contributed by atoms with Crippen molar-refractivity contribution in [2.24, 2.45) is 0 Å². The lowest BCUT2D eigenvalue weighted by Gasteiger charge is -2.38. The number of nitrogens with zero attached hydrogens (tertiary/aromatic N) is 1. The Hall–Kier alpha value is -2.09. The third kappa shape index (κ3) is 2.86. The van der Waals surface area contributed by atoms with Crippen LogP contribution in [0, 0.1) is 0 Å². The Morgan fingerprint density at radius 3 is 2.83 bits per heavy atom. The van der Waals surface area contributed by atoms with Gasteiger partial charge < -0.3 is 14.4 Å². The summed E-state index contributed by atoms with van der Waals surface area (Å²) in [4.78, 5) is 2.36. The van der Waals surface area contributed by atoms with Crippen LogP contribution in [-0.4, -0.2) is 32.6 Å². The van der Waals surface area contributed by atoms with Crippen LogP contribution in [0.15, 0.2) is 42.5 Å². The first-order chi connectivity index (χ1) is 11.5. The Morgan fingerprint density at radius 1 is 1.17 bits per heavy atom. The van der Waals surface area contributed by atoms with Crippen LogP contribution in [0.25, 0.3) is 0 Å². The molecule has 0 aromatic heterocycles. The molecule has 1 saturated heterocycles. The van der Waals surface area contributed by atoms with Gasteiger partial charge in [-0.2, -0.15) is 8.42 Å². The van der Waals surface area contributed by atoms with Gasteiger partial charge in [-0.3, -0.25) is 4.55 Å². The lowest BCUT2D eigenvalue weighted by Crippen LogP contribution is -2.46. The molecule has 0 saturated carbocycles. The van der Waals surface area contributed by atoms with E-state index in [1.165, 1.54) is 11.1 Å². The molecule has 2 aliphatic heterocycles. The third-order valence-electron chi connectivity index (χ3n) is 4.60. The predicted octanol–water partition coefficient (Wildman–Crippen LogP) is 1.92. The second-order valence-corrected chi connectivity index (χ2v) is 7.11. The minimum Gasteiger partial charge on any atom is -0.362 e. The maximum Gasteiger partial charge on any atom is 0.446 e. The first-order valence-corrected chi connectivity index (χ1v) is 9.23. The fraction of sp³-hybridized carbons (Fsp3) is 0.294. The van der Waals surface area contributed by atoms with Crippen LogP contribution in [0.1, 0.15) is 22.7 Å². The summed E-state index contributed by atoms with van der Waals surface area (Å²) in [5, 5.41) is 3.45. The van der Waals surface area contributed by atoms with Gasteiger partial charge in [0.1, 0.15) is 5.75 Å². The molecule has 6 nitrogen and oxygen atoms in total. The van der Waals surface area contributed by atoms with E-state index in [1.807, 2.05) is 12.1 Å². The monoisotopic (exact) mass is 346 g/mol. The molecule has 2 aliphatic rings. The zero-order valence-corrected chi connectivity index (χ0v) is 13.8. The second kappa shape index (κ2) is 5.77. The summed E-state index contributed by atoms with van der Waals surface area (Å²) in [6.45, 7) is 2.66. The van der Waals surface area contributed by atoms with E-state index in [0.29, 0.717) is 6.42 Å². The number of rotatable bonds is 2. The van der Waals surface area contributed by atoms with Crippen molar-refractivity contribution in [1.29, 1.82) is 0 Å². The molecule has 0 radical (unpaired) electrons. The van der Waals surface area contributed by atoms with Gasteiger partial charge in [0, 0.05) is 25.3 Å². The van der Waals surface area contributed by atoms with E-state index in [2.05, 4.69) is 32.6 Å². The Kier molecular flexibility index (Phi) is 3.71. The molecule has 7 heteroatoms. The maximum absolute atomic E-state index is 11.0. The van der Waals surface area contributed by atoms with Crippen LogP contribution in [0.4, 0.5) is 5.69 Å². The molecule has 2 aromatic rings. The molecule has 0 unspecified atom stereocenters. The van der Waals surface area contributed by atoms with Crippen LogP contribution < -0.4 is 14.4 Å². The van der Waals surface area contributed by atoms with Crippen LogP contribution in [-0.2, 0) is 16.8 Å². The fourth-order valence-corrected chi connectivity index (χ4v) is 4.00. The summed E-state index contributed by atoms with van der Waals surface area (Å²) in [5.74, 6) is 0.127. The highest BCUT2D eigenvalue weighted by molar-refractivity contribution is 7.81. The Labute approximate surface area is 141 Å². The van der Waals surface area contributed by atoms with Gasteiger partial charge in [0.15, 0.2) is 0 Å². The average Bonchev–Trinajstić information content (AvgIpc) is 2.67. The van der Waals surface area contributed by atoms with E-state index in [9.17, 15) is 8.42 Å². The van der Waals surface area contributed by atoms with Crippen LogP contribution in [0.5, 0.6) is 5.75 Å². The number of fused-ring (bicyclic) bond motifs is 5. The van der Waals surface area contributed by atoms with Gasteiger partial charge >= 0.3 is 10.4 Å². The molecule has 1 atom stereocenters. The fourth-order valence-electron chi connectivity index (χ4n) is 3.65. The molecule has 2 N–H and O–H groups in total. The van der Waals surface area contributed by atoms with Gasteiger partial charge in [-0.25, -0.2) is 0 Å². The van der Waals surface area contributed by atoms with Gasteiger partial charge in [0.05, 0.1) is 6.04 Å². The van der Waals surface area contributed by atoms with Crippen molar-refractivity contribution in [3.63, 3.8) is 0 Å². The van der Waals surface area contributed by atoms with E-state index < -0.39 is 10.4 Å². The second-order valence-electron chi connectivity index (χ2n) is 6.09. The molecule has 0 aliphatic carbocycles. The number of piperazine rings is 1. The summed E-state index contributed by atoms with van der Waals surface area (Å²) >= 11 is 0. The van der Waals surface area contributed by atoms with Gasteiger partial charge in [0.25, 0.3) is 0 Å². The third-order valence-corrected chi connectivity index (χ3v) is 5.00. The smallest absolute Gasteiger partial charge is 0.362 e. The van der Waals surface area contributed by atoms with E-state index in [1.54, 1.807) is 12.1 Å². The molecule has 2 heterocycles. The SMILES string of the molecule is O=S(=O)(O)Oc1ccc2c(c1)Cc1ccccc1[C@H]1CNCCN21. The molecule has 0 spiro atoms. The highest BCUT2D eigenvalue weighted by atomic mass is 32.3. The van der Waals surface area contributed by atoms with Crippen molar-refractivity contribution < 1.29 is 17.2 Å². The van der Waals surface area contributed by atoms with Crippen molar-refractivity contribution in [3.05, 3.63) is 59.2 Å². The van der Waals surface area contributed by atoms with Crippen molar-refractivity contribution in [2.75, 3.05) is 24.5 Å². The van der Waals surface area contributed by atoms with Gasteiger partial charge in [0.2, 0.25) is 0 Å². The number of anilines is 1. The molecule has 2 aromatic carbocycles. The quantitative estimate of drug-likeness (QED) is 0.809. The zero-order valence-electron chi connectivity index (χ0n) is 13.0. The summed E-state index contributed by atoms with van der Waals surface area (Å²) < 4.78 is 35.5. The van der Waals surface area contributed by atoms with Crippen LogP contribution in [0.2, 0.25) is 0 Å². The van der Waals surface area contributed by atoms with E-state index in [0.717, 1.165) is 30.9 Å². The van der Waals surface area contributed by atoms with E-state index in [4.69, 9.17) is 4.55 Å². The maximum atomic E-state index is 11.0. The summed E-state index contributed by atoms with van der Waals surface area (Å²) in [6, 6.07) is 13.7. The largest absolute Gasteiger partial charge is 0.446 e. The topological polar surface area (TPSA) is 78.9 Å². The van der Waals surface area contributed by atoms with Crippen LogP contribution in [0.3, 0.4) is 0 Å². The van der Waals surface area contributed by atoms with Crippen LogP contribution >= 0.6 is 0 Å². The Balaban J connectivity index is 1.83. The Morgan fingerprint density at radius 2 is 2.00 bits per heavy atom. The van der Waals surface area contributed by atoms with E-state index in [-0.39, 0.29) is 11.8 Å². The average molecular weight is 346 g/mol. The minimum absolute atomic E-state index is 0.127. The molecule has 24 heavy (non-hydrogen) atoms. The molecule has 0 amide bonds. The van der Waals surface area contributed by atoms with Crippen molar-refractivity contribution in [3.8, 4) is 5.75 Å². The summed E-state index contributed by atoms with van der Waals surface area (Å²) in [7, 11) is -4.52. The Bertz CT molecular complexity index is 882. The normalized spacial score (nSPS) is 19.7. The molecule has 1 fully saturated rings. The zero-order chi connectivity index (χ0) is 16.7. The highest BCUT2D eigenvalue weighted by Gasteiger charge is 2.30. The van der Waals surface area contributed by atoms with Gasteiger partial charge in [-0.15, -0.1) is 0 Å². The summed E-state index contributed by atoms with van der Waals surface area (Å²) in [6.07, 6.45) is 0.696. The molecule has 4 rings (SSSR count).